The number of aromatic nitrogens is 5. The van der Waals surface area contributed by atoms with E-state index in [0.29, 0.717) is 5.92 Å². The van der Waals surface area contributed by atoms with Gasteiger partial charge in [0.05, 0.1) is 17.4 Å². The van der Waals surface area contributed by atoms with Crippen LogP contribution < -0.4 is 0 Å². The minimum atomic E-state index is 0.629. The van der Waals surface area contributed by atoms with Crippen molar-refractivity contribution in [2.45, 2.75) is 32.7 Å². The Morgan fingerprint density at radius 3 is 3.00 bits per heavy atom. The minimum Gasteiger partial charge on any atom is -0.341 e. The smallest absolute Gasteiger partial charge is 0.157 e. The molecule has 130 valence electrons. The first-order valence-electron chi connectivity index (χ1n) is 8.69. The second-order valence-electron chi connectivity index (χ2n) is 6.73. The molecule has 0 aliphatic carbocycles. The lowest BCUT2D eigenvalue weighted by Gasteiger charge is -2.32. The predicted octanol–water partition coefficient (Wildman–Crippen LogP) is 3.09. The maximum absolute atomic E-state index is 4.77. The number of hydrogen-bond donors (Lipinski definition) is 1. The average molecular weight is 354 g/mol. The van der Waals surface area contributed by atoms with Gasteiger partial charge in [-0.3, -0.25) is 14.9 Å². The van der Waals surface area contributed by atoms with Gasteiger partial charge in [0.25, 0.3) is 0 Å². The van der Waals surface area contributed by atoms with E-state index in [1.807, 2.05) is 31.0 Å². The van der Waals surface area contributed by atoms with Crippen molar-refractivity contribution in [2.75, 3.05) is 13.1 Å². The number of imidazole rings is 1. The third-order valence-electron chi connectivity index (χ3n) is 4.59. The molecule has 7 heteroatoms. The Morgan fingerprint density at radius 2 is 2.20 bits per heavy atom. The first-order chi connectivity index (χ1) is 12.3. The van der Waals surface area contributed by atoms with Crippen LogP contribution in [-0.4, -0.2) is 42.9 Å². The van der Waals surface area contributed by atoms with Gasteiger partial charge in [-0.25, -0.2) is 9.97 Å². The summed E-state index contributed by atoms with van der Waals surface area (Å²) in [5.41, 5.74) is 4.82. The van der Waals surface area contributed by atoms with Crippen molar-refractivity contribution in [1.29, 1.82) is 0 Å². The number of nitrogens with one attached hydrogen (secondary N) is 1. The van der Waals surface area contributed by atoms with Crippen molar-refractivity contribution in [1.82, 2.24) is 29.8 Å². The van der Waals surface area contributed by atoms with E-state index in [0.717, 1.165) is 42.4 Å². The van der Waals surface area contributed by atoms with Crippen LogP contribution in [0.15, 0.2) is 30.3 Å². The molecule has 1 aliphatic heterocycles. The van der Waals surface area contributed by atoms with E-state index in [9.17, 15) is 0 Å². The van der Waals surface area contributed by atoms with E-state index >= 15 is 0 Å². The highest BCUT2D eigenvalue weighted by Crippen LogP contribution is 2.23. The van der Waals surface area contributed by atoms with Gasteiger partial charge in [-0.2, -0.15) is 0 Å². The lowest BCUT2D eigenvalue weighted by Crippen LogP contribution is -2.35. The quantitative estimate of drug-likeness (QED) is 0.762. The first kappa shape index (κ1) is 16.4. The Bertz CT molecular complexity index is 813. The van der Waals surface area contributed by atoms with E-state index in [4.69, 9.17) is 4.98 Å². The number of aryl methyl sites for hydroxylation is 1. The molecule has 1 saturated heterocycles. The molecule has 3 aromatic rings. The normalized spacial score (nSPS) is 18.5. The molecule has 4 heterocycles. The van der Waals surface area contributed by atoms with E-state index in [1.165, 1.54) is 24.3 Å². The molecule has 1 aliphatic rings. The van der Waals surface area contributed by atoms with Crippen LogP contribution in [0.25, 0.3) is 11.5 Å². The van der Waals surface area contributed by atoms with Gasteiger partial charge in [-0.05, 0) is 38.6 Å². The SMILES string of the molecule is Cc1cnc(-c2cncc(C[C@@H]3CCCN(Cc4cncs4)C3)n2)[nH]1. The predicted molar refractivity (Wildman–Crippen MR) is 98.2 cm³/mol. The zero-order chi connectivity index (χ0) is 17.1. The molecular weight excluding hydrogens is 332 g/mol. The fourth-order valence-corrected chi connectivity index (χ4v) is 4.10. The largest absolute Gasteiger partial charge is 0.341 e. The number of likely N-dealkylation sites (tertiary alicyclic amines) is 1. The van der Waals surface area contributed by atoms with Gasteiger partial charge in [-0.1, -0.05) is 0 Å². The number of thiazole rings is 1. The number of rotatable bonds is 5. The summed E-state index contributed by atoms with van der Waals surface area (Å²) in [6, 6.07) is 0. The lowest BCUT2D eigenvalue weighted by atomic mass is 9.93. The Morgan fingerprint density at radius 1 is 1.24 bits per heavy atom. The summed E-state index contributed by atoms with van der Waals surface area (Å²) in [7, 11) is 0. The van der Waals surface area contributed by atoms with Crippen molar-refractivity contribution in [3.8, 4) is 11.5 Å². The van der Waals surface area contributed by atoms with Gasteiger partial charge >= 0.3 is 0 Å². The maximum atomic E-state index is 4.77. The molecular formula is C18H22N6S. The van der Waals surface area contributed by atoms with Crippen molar-refractivity contribution in [3.05, 3.63) is 46.6 Å². The van der Waals surface area contributed by atoms with Gasteiger partial charge in [-0.15, -0.1) is 11.3 Å². The van der Waals surface area contributed by atoms with Crippen LogP contribution in [-0.2, 0) is 13.0 Å². The van der Waals surface area contributed by atoms with E-state index in [-0.39, 0.29) is 0 Å². The fourth-order valence-electron chi connectivity index (χ4n) is 3.46. The maximum Gasteiger partial charge on any atom is 0.157 e. The third kappa shape index (κ3) is 4.11. The molecule has 3 aromatic heterocycles. The van der Waals surface area contributed by atoms with Gasteiger partial charge in [0, 0.05) is 42.3 Å². The van der Waals surface area contributed by atoms with Crippen LogP contribution >= 0.6 is 11.3 Å². The highest BCUT2D eigenvalue weighted by atomic mass is 32.1. The topological polar surface area (TPSA) is 70.6 Å². The van der Waals surface area contributed by atoms with Gasteiger partial charge < -0.3 is 4.98 Å². The Kier molecular flexibility index (Phi) is 4.85. The standard InChI is InChI=1S/C18H22N6S/c1-13-6-21-18(22-13)17-9-19-7-15(23-17)5-14-3-2-4-24(10-14)11-16-8-20-12-25-16/h6-9,12,14H,2-5,10-11H2,1H3,(H,21,22)/t14-/m0/s1. The molecule has 0 bridgehead atoms. The fraction of sp³-hybridized carbons (Fsp3) is 0.444. The summed E-state index contributed by atoms with van der Waals surface area (Å²) in [5.74, 6) is 1.42. The molecule has 1 atom stereocenters. The van der Waals surface area contributed by atoms with Crippen molar-refractivity contribution in [3.63, 3.8) is 0 Å². The van der Waals surface area contributed by atoms with E-state index < -0.39 is 0 Å². The van der Waals surface area contributed by atoms with Crippen LogP contribution in [0.3, 0.4) is 0 Å². The Hall–Kier alpha value is -2.12. The van der Waals surface area contributed by atoms with Crippen molar-refractivity contribution in [2.24, 2.45) is 5.92 Å². The second kappa shape index (κ2) is 7.41. The lowest BCUT2D eigenvalue weighted by molar-refractivity contribution is 0.167. The number of aromatic amines is 1. The van der Waals surface area contributed by atoms with Crippen molar-refractivity contribution < 1.29 is 0 Å². The molecule has 6 nitrogen and oxygen atoms in total. The molecule has 0 radical (unpaired) electrons. The number of H-pyrrole nitrogens is 1. The minimum absolute atomic E-state index is 0.629. The van der Waals surface area contributed by atoms with Crippen LogP contribution in [0, 0.1) is 12.8 Å². The summed E-state index contributed by atoms with van der Waals surface area (Å²) >= 11 is 1.74. The third-order valence-corrected chi connectivity index (χ3v) is 5.36. The summed E-state index contributed by atoms with van der Waals surface area (Å²) in [4.78, 5) is 24.8. The van der Waals surface area contributed by atoms with Crippen LogP contribution in [0.5, 0.6) is 0 Å². The number of nitrogens with zero attached hydrogens (tertiary/aromatic N) is 5. The molecule has 0 saturated carbocycles. The molecule has 1 fully saturated rings. The second-order valence-corrected chi connectivity index (χ2v) is 7.70. The summed E-state index contributed by atoms with van der Waals surface area (Å²) in [6.07, 6.45) is 10.9. The molecule has 0 amide bonds. The highest BCUT2D eigenvalue weighted by Gasteiger charge is 2.21. The molecule has 25 heavy (non-hydrogen) atoms. The first-order valence-corrected chi connectivity index (χ1v) is 9.57. The molecule has 4 rings (SSSR count). The van der Waals surface area contributed by atoms with Gasteiger partial charge in [0.1, 0.15) is 5.69 Å². The summed E-state index contributed by atoms with van der Waals surface area (Å²) < 4.78 is 0. The van der Waals surface area contributed by atoms with Gasteiger partial charge in [0.2, 0.25) is 0 Å². The highest BCUT2D eigenvalue weighted by molar-refractivity contribution is 7.09. The van der Waals surface area contributed by atoms with E-state index in [2.05, 4.69) is 24.8 Å². The average Bonchev–Trinajstić information content (AvgIpc) is 3.27. The molecule has 0 unspecified atom stereocenters. The van der Waals surface area contributed by atoms with Crippen LogP contribution in [0.4, 0.5) is 0 Å². The van der Waals surface area contributed by atoms with E-state index in [1.54, 1.807) is 17.5 Å². The Labute approximate surface area is 151 Å². The summed E-state index contributed by atoms with van der Waals surface area (Å²) in [6.45, 7) is 5.29. The summed E-state index contributed by atoms with van der Waals surface area (Å²) in [5, 5.41) is 0. The number of hydrogen-bond acceptors (Lipinski definition) is 6. The zero-order valence-electron chi connectivity index (χ0n) is 14.4. The zero-order valence-corrected chi connectivity index (χ0v) is 15.2. The molecule has 0 aromatic carbocycles. The number of piperidine rings is 1. The Balaban J connectivity index is 1.41. The van der Waals surface area contributed by atoms with Crippen molar-refractivity contribution >= 4 is 11.3 Å². The van der Waals surface area contributed by atoms with Gasteiger partial charge in [0.15, 0.2) is 5.82 Å². The monoisotopic (exact) mass is 354 g/mol. The molecule has 0 spiro atoms. The van der Waals surface area contributed by atoms with Crippen LogP contribution in [0.1, 0.15) is 29.1 Å². The van der Waals surface area contributed by atoms with Crippen LogP contribution in [0.2, 0.25) is 0 Å². The molecule has 1 N–H and O–H groups in total.